The van der Waals surface area contributed by atoms with Crippen LogP contribution >= 0.6 is 11.6 Å². The van der Waals surface area contributed by atoms with Crippen LogP contribution in [0.15, 0.2) is 36.9 Å². The van der Waals surface area contributed by atoms with E-state index in [4.69, 9.17) is 11.6 Å². The number of allylic oxidation sites excluding steroid dienone is 1. The lowest BCUT2D eigenvalue weighted by atomic mass is 10.1. The van der Waals surface area contributed by atoms with E-state index in [2.05, 4.69) is 30.8 Å². The van der Waals surface area contributed by atoms with E-state index in [9.17, 15) is 0 Å². The summed E-state index contributed by atoms with van der Waals surface area (Å²) in [4.78, 5) is 0. The SMILES string of the molecule is C=CCCc1ccc(CCl)cc1. The molecule has 0 amide bonds. The van der Waals surface area contributed by atoms with Crippen molar-refractivity contribution in [3.63, 3.8) is 0 Å². The van der Waals surface area contributed by atoms with Crippen molar-refractivity contribution < 1.29 is 0 Å². The van der Waals surface area contributed by atoms with E-state index < -0.39 is 0 Å². The van der Waals surface area contributed by atoms with Gasteiger partial charge in [-0.05, 0) is 24.0 Å². The van der Waals surface area contributed by atoms with Crippen molar-refractivity contribution >= 4 is 11.6 Å². The van der Waals surface area contributed by atoms with E-state index in [0.717, 1.165) is 12.8 Å². The van der Waals surface area contributed by atoms with Crippen molar-refractivity contribution in [3.05, 3.63) is 48.0 Å². The average molecular weight is 181 g/mol. The van der Waals surface area contributed by atoms with Gasteiger partial charge in [-0.25, -0.2) is 0 Å². The molecule has 0 aliphatic carbocycles. The predicted octanol–water partition coefficient (Wildman–Crippen LogP) is 3.54. The lowest BCUT2D eigenvalue weighted by Crippen LogP contribution is -1.84. The Labute approximate surface area is 78.9 Å². The Balaban J connectivity index is 2.58. The molecule has 0 nitrogen and oxygen atoms in total. The summed E-state index contributed by atoms with van der Waals surface area (Å²) in [5, 5.41) is 0. The summed E-state index contributed by atoms with van der Waals surface area (Å²) in [5.74, 6) is 0.599. The van der Waals surface area contributed by atoms with Gasteiger partial charge in [0.1, 0.15) is 0 Å². The maximum absolute atomic E-state index is 5.67. The molecule has 0 fully saturated rings. The van der Waals surface area contributed by atoms with Gasteiger partial charge in [0.05, 0.1) is 0 Å². The maximum atomic E-state index is 5.67. The molecule has 0 unspecified atom stereocenters. The van der Waals surface area contributed by atoms with E-state index in [1.807, 2.05) is 6.08 Å². The first-order valence-corrected chi connectivity index (χ1v) is 4.65. The molecular weight excluding hydrogens is 168 g/mol. The highest BCUT2D eigenvalue weighted by Crippen LogP contribution is 2.08. The Morgan fingerprint density at radius 1 is 1.17 bits per heavy atom. The van der Waals surface area contributed by atoms with E-state index in [1.165, 1.54) is 11.1 Å². The van der Waals surface area contributed by atoms with Gasteiger partial charge in [0.2, 0.25) is 0 Å². The molecule has 1 aromatic carbocycles. The van der Waals surface area contributed by atoms with Gasteiger partial charge in [0.25, 0.3) is 0 Å². The van der Waals surface area contributed by atoms with Gasteiger partial charge in [-0.15, -0.1) is 18.2 Å². The summed E-state index contributed by atoms with van der Waals surface area (Å²) >= 11 is 5.67. The summed E-state index contributed by atoms with van der Waals surface area (Å²) in [6, 6.07) is 8.40. The van der Waals surface area contributed by atoms with Crippen LogP contribution in [0.1, 0.15) is 17.5 Å². The fourth-order valence-electron chi connectivity index (χ4n) is 1.06. The highest BCUT2D eigenvalue weighted by molar-refractivity contribution is 6.17. The molecule has 0 aliphatic rings. The molecule has 1 aromatic rings. The lowest BCUT2D eigenvalue weighted by molar-refractivity contribution is 1.00. The van der Waals surface area contributed by atoms with E-state index >= 15 is 0 Å². The minimum atomic E-state index is 0.599. The zero-order chi connectivity index (χ0) is 8.81. The lowest BCUT2D eigenvalue weighted by Gasteiger charge is -1.99. The summed E-state index contributed by atoms with van der Waals surface area (Å²) in [5.41, 5.74) is 2.53. The summed E-state index contributed by atoms with van der Waals surface area (Å²) in [7, 11) is 0. The van der Waals surface area contributed by atoms with Crippen LogP contribution in [0.4, 0.5) is 0 Å². The topological polar surface area (TPSA) is 0 Å². The smallest absolute Gasteiger partial charge is 0.0474 e. The highest BCUT2D eigenvalue weighted by atomic mass is 35.5. The zero-order valence-electron chi connectivity index (χ0n) is 7.09. The minimum Gasteiger partial charge on any atom is -0.122 e. The first-order valence-electron chi connectivity index (χ1n) is 4.11. The van der Waals surface area contributed by atoms with E-state index in [0.29, 0.717) is 5.88 Å². The fourth-order valence-corrected chi connectivity index (χ4v) is 1.24. The van der Waals surface area contributed by atoms with E-state index in [-0.39, 0.29) is 0 Å². The van der Waals surface area contributed by atoms with Crippen LogP contribution in [0.25, 0.3) is 0 Å². The van der Waals surface area contributed by atoms with Crippen molar-refractivity contribution in [2.45, 2.75) is 18.7 Å². The molecule has 64 valence electrons. The molecule has 0 saturated heterocycles. The van der Waals surface area contributed by atoms with Crippen LogP contribution in [0.5, 0.6) is 0 Å². The zero-order valence-corrected chi connectivity index (χ0v) is 7.85. The third-order valence-electron chi connectivity index (χ3n) is 1.81. The van der Waals surface area contributed by atoms with Crippen molar-refractivity contribution in [1.82, 2.24) is 0 Å². The maximum Gasteiger partial charge on any atom is 0.0474 e. The molecule has 0 atom stereocenters. The number of benzene rings is 1. The standard InChI is InChI=1S/C11H13Cl/c1-2-3-4-10-5-7-11(9-12)8-6-10/h2,5-8H,1,3-4,9H2. The molecule has 0 aliphatic heterocycles. The van der Waals surface area contributed by atoms with Crippen molar-refractivity contribution in [2.75, 3.05) is 0 Å². The van der Waals surface area contributed by atoms with Gasteiger partial charge in [-0.2, -0.15) is 0 Å². The van der Waals surface area contributed by atoms with Gasteiger partial charge in [-0.3, -0.25) is 0 Å². The molecule has 0 aromatic heterocycles. The van der Waals surface area contributed by atoms with Gasteiger partial charge in [-0.1, -0.05) is 30.3 Å². The van der Waals surface area contributed by atoms with E-state index in [1.54, 1.807) is 0 Å². The van der Waals surface area contributed by atoms with Crippen molar-refractivity contribution in [1.29, 1.82) is 0 Å². The number of hydrogen-bond donors (Lipinski definition) is 0. The number of aryl methyl sites for hydroxylation is 1. The van der Waals surface area contributed by atoms with Gasteiger partial charge in [0, 0.05) is 5.88 Å². The van der Waals surface area contributed by atoms with Gasteiger partial charge >= 0.3 is 0 Å². The van der Waals surface area contributed by atoms with Gasteiger partial charge in [0.15, 0.2) is 0 Å². The van der Waals surface area contributed by atoms with Crippen LogP contribution in [-0.2, 0) is 12.3 Å². The Kier molecular flexibility index (Phi) is 3.89. The van der Waals surface area contributed by atoms with Crippen LogP contribution in [0.2, 0.25) is 0 Å². The predicted molar refractivity (Wildman–Crippen MR) is 54.5 cm³/mol. The van der Waals surface area contributed by atoms with Crippen molar-refractivity contribution in [2.24, 2.45) is 0 Å². The molecule has 0 N–H and O–H groups in total. The fraction of sp³-hybridized carbons (Fsp3) is 0.273. The number of alkyl halides is 1. The second-order valence-electron chi connectivity index (χ2n) is 2.78. The second-order valence-corrected chi connectivity index (χ2v) is 3.04. The molecule has 0 saturated carbocycles. The number of hydrogen-bond acceptors (Lipinski definition) is 0. The Morgan fingerprint density at radius 3 is 2.25 bits per heavy atom. The molecule has 1 heteroatoms. The first-order chi connectivity index (χ1) is 5.86. The summed E-state index contributed by atoms with van der Waals surface area (Å²) in [6.07, 6.45) is 4.06. The van der Waals surface area contributed by atoms with Crippen LogP contribution in [0.3, 0.4) is 0 Å². The van der Waals surface area contributed by atoms with Crippen molar-refractivity contribution in [3.8, 4) is 0 Å². The minimum absolute atomic E-state index is 0.599. The Morgan fingerprint density at radius 2 is 1.75 bits per heavy atom. The third-order valence-corrected chi connectivity index (χ3v) is 2.12. The molecule has 0 bridgehead atoms. The number of halogens is 1. The number of rotatable bonds is 4. The van der Waals surface area contributed by atoms with Crippen LogP contribution in [0, 0.1) is 0 Å². The van der Waals surface area contributed by atoms with Gasteiger partial charge < -0.3 is 0 Å². The summed E-state index contributed by atoms with van der Waals surface area (Å²) < 4.78 is 0. The van der Waals surface area contributed by atoms with Crippen LogP contribution < -0.4 is 0 Å². The largest absolute Gasteiger partial charge is 0.122 e. The normalized spacial score (nSPS) is 9.75. The monoisotopic (exact) mass is 180 g/mol. The average Bonchev–Trinajstić information content (AvgIpc) is 2.15. The summed E-state index contributed by atoms with van der Waals surface area (Å²) in [6.45, 7) is 3.69. The Bertz CT molecular complexity index is 236. The molecule has 0 spiro atoms. The molecule has 0 heterocycles. The quantitative estimate of drug-likeness (QED) is 0.491. The second kappa shape index (κ2) is 5.00. The third kappa shape index (κ3) is 2.71. The Hall–Kier alpha value is -0.750. The molecule has 12 heavy (non-hydrogen) atoms. The molecule has 0 radical (unpaired) electrons. The first kappa shape index (κ1) is 9.34. The molecule has 1 rings (SSSR count). The van der Waals surface area contributed by atoms with Crippen LogP contribution in [-0.4, -0.2) is 0 Å². The highest BCUT2D eigenvalue weighted by Gasteiger charge is 1.91. The molecular formula is C11H13Cl.